The van der Waals surface area contributed by atoms with E-state index in [0.717, 1.165) is 39.8 Å². The smallest absolute Gasteiger partial charge is 0.133 e. The van der Waals surface area contributed by atoms with Gasteiger partial charge in [-0.05, 0) is 12.1 Å². The van der Waals surface area contributed by atoms with Crippen molar-refractivity contribution < 1.29 is 4.74 Å². The minimum Gasteiger partial charge on any atom is -0.493 e. The number of hydrogen-bond donors (Lipinski definition) is 0. The molecule has 3 aromatic rings. The zero-order valence-corrected chi connectivity index (χ0v) is 11.5. The molecule has 0 atom stereocenters. The summed E-state index contributed by atoms with van der Waals surface area (Å²) in [6.45, 7) is 0.629. The number of halogens is 1. The highest BCUT2D eigenvalue weighted by molar-refractivity contribution is 6.31. The van der Waals surface area contributed by atoms with Crippen LogP contribution < -0.4 is 4.74 Å². The Bertz CT molecular complexity index is 813. The van der Waals surface area contributed by atoms with Gasteiger partial charge >= 0.3 is 0 Å². The van der Waals surface area contributed by atoms with Crippen LogP contribution in [0.5, 0.6) is 5.75 Å². The second kappa shape index (κ2) is 4.50. The molecule has 0 fully saturated rings. The molecule has 0 spiro atoms. The highest BCUT2D eigenvalue weighted by Crippen LogP contribution is 2.41. The average molecular weight is 282 g/mol. The van der Waals surface area contributed by atoms with Crippen molar-refractivity contribution in [3.8, 4) is 16.9 Å². The number of benzene rings is 2. The summed E-state index contributed by atoms with van der Waals surface area (Å²) in [6.07, 6.45) is 0.778. The van der Waals surface area contributed by atoms with Crippen LogP contribution in [0.2, 0.25) is 5.15 Å². The topological polar surface area (TPSA) is 22.1 Å². The van der Waals surface area contributed by atoms with Crippen LogP contribution in [0.4, 0.5) is 0 Å². The maximum Gasteiger partial charge on any atom is 0.133 e. The summed E-state index contributed by atoms with van der Waals surface area (Å²) >= 11 is 6.39. The van der Waals surface area contributed by atoms with Gasteiger partial charge in [0, 0.05) is 28.5 Å². The van der Waals surface area contributed by atoms with Gasteiger partial charge in [0.25, 0.3) is 0 Å². The third-order valence-electron chi connectivity index (χ3n) is 3.71. The standard InChI is InChI=1S/C17H12ClNO/c18-17-13-9-10-20-15-8-4-2-6-12(15)16(13)11-5-1-3-7-14(11)19-17/h1-8H,9-10H2. The van der Waals surface area contributed by atoms with E-state index in [9.17, 15) is 0 Å². The van der Waals surface area contributed by atoms with E-state index in [1.807, 2.05) is 36.4 Å². The maximum atomic E-state index is 6.39. The first kappa shape index (κ1) is 11.7. The van der Waals surface area contributed by atoms with E-state index in [1.54, 1.807) is 0 Å². The van der Waals surface area contributed by atoms with E-state index in [1.165, 1.54) is 0 Å². The van der Waals surface area contributed by atoms with Gasteiger partial charge in [-0.3, -0.25) is 0 Å². The maximum absolute atomic E-state index is 6.39. The first-order chi connectivity index (χ1) is 9.84. The van der Waals surface area contributed by atoms with Gasteiger partial charge in [0.1, 0.15) is 10.9 Å². The van der Waals surface area contributed by atoms with Crippen LogP contribution in [0.1, 0.15) is 5.56 Å². The van der Waals surface area contributed by atoms with E-state index in [4.69, 9.17) is 16.3 Å². The fourth-order valence-corrected chi connectivity index (χ4v) is 3.10. The number of nitrogens with zero attached hydrogens (tertiary/aromatic N) is 1. The van der Waals surface area contributed by atoms with E-state index >= 15 is 0 Å². The van der Waals surface area contributed by atoms with Crippen LogP contribution in [0.15, 0.2) is 48.5 Å². The zero-order chi connectivity index (χ0) is 13.5. The third-order valence-corrected chi connectivity index (χ3v) is 4.02. The van der Waals surface area contributed by atoms with Gasteiger partial charge in [-0.25, -0.2) is 4.98 Å². The summed E-state index contributed by atoms with van der Waals surface area (Å²) in [6, 6.07) is 16.2. The van der Waals surface area contributed by atoms with Crippen molar-refractivity contribution in [3.63, 3.8) is 0 Å². The number of pyridine rings is 1. The quantitative estimate of drug-likeness (QED) is 0.566. The first-order valence-corrected chi connectivity index (χ1v) is 7.02. The molecular formula is C17H12ClNO. The van der Waals surface area contributed by atoms with Crippen molar-refractivity contribution in [2.24, 2.45) is 0 Å². The number of aromatic nitrogens is 1. The Hall–Kier alpha value is -2.06. The van der Waals surface area contributed by atoms with E-state index in [2.05, 4.69) is 17.1 Å². The molecule has 1 aliphatic rings. The highest BCUT2D eigenvalue weighted by Gasteiger charge is 2.20. The molecule has 0 amide bonds. The van der Waals surface area contributed by atoms with Crippen molar-refractivity contribution in [3.05, 3.63) is 59.2 Å². The van der Waals surface area contributed by atoms with Crippen LogP contribution in [0.25, 0.3) is 22.0 Å². The van der Waals surface area contributed by atoms with Gasteiger partial charge in [-0.15, -0.1) is 0 Å². The van der Waals surface area contributed by atoms with Gasteiger partial charge in [0.2, 0.25) is 0 Å². The predicted octanol–water partition coefficient (Wildman–Crippen LogP) is 4.49. The fraction of sp³-hybridized carbons (Fsp3) is 0.118. The third kappa shape index (κ3) is 1.69. The van der Waals surface area contributed by atoms with Crippen LogP contribution >= 0.6 is 11.6 Å². The molecule has 98 valence electrons. The number of fused-ring (bicyclic) bond motifs is 5. The predicted molar refractivity (Wildman–Crippen MR) is 81.4 cm³/mol. The van der Waals surface area contributed by atoms with Gasteiger partial charge in [0.05, 0.1) is 12.1 Å². The molecule has 2 nitrogen and oxygen atoms in total. The summed E-state index contributed by atoms with van der Waals surface area (Å²) in [4.78, 5) is 4.51. The second-order valence-corrected chi connectivity index (χ2v) is 5.23. The molecule has 2 aromatic carbocycles. The number of ether oxygens (including phenoxy) is 1. The zero-order valence-electron chi connectivity index (χ0n) is 10.8. The molecule has 0 bridgehead atoms. The highest BCUT2D eigenvalue weighted by atomic mass is 35.5. The lowest BCUT2D eigenvalue weighted by Crippen LogP contribution is -2.00. The second-order valence-electron chi connectivity index (χ2n) is 4.87. The summed E-state index contributed by atoms with van der Waals surface area (Å²) < 4.78 is 5.85. The van der Waals surface area contributed by atoms with Gasteiger partial charge < -0.3 is 4.74 Å². The fourth-order valence-electron chi connectivity index (χ4n) is 2.82. The summed E-state index contributed by atoms with van der Waals surface area (Å²) in [5.41, 5.74) is 4.26. The number of para-hydroxylation sites is 2. The number of rotatable bonds is 0. The number of hydrogen-bond acceptors (Lipinski definition) is 2. The molecule has 0 unspecified atom stereocenters. The minimum absolute atomic E-state index is 0.582. The average Bonchev–Trinajstić information content (AvgIpc) is 2.68. The Morgan fingerprint density at radius 2 is 1.80 bits per heavy atom. The Balaban J connectivity index is 2.18. The van der Waals surface area contributed by atoms with Gasteiger partial charge in [-0.2, -0.15) is 0 Å². The molecule has 0 N–H and O–H groups in total. The van der Waals surface area contributed by atoms with Crippen molar-refractivity contribution in [1.29, 1.82) is 0 Å². The summed E-state index contributed by atoms with van der Waals surface area (Å²) in [5.74, 6) is 0.915. The van der Waals surface area contributed by atoms with Crippen LogP contribution in [-0.4, -0.2) is 11.6 Å². The van der Waals surface area contributed by atoms with Crippen molar-refractivity contribution in [1.82, 2.24) is 4.98 Å². The van der Waals surface area contributed by atoms with Crippen LogP contribution in [0.3, 0.4) is 0 Å². The molecule has 20 heavy (non-hydrogen) atoms. The molecule has 0 aliphatic carbocycles. The molecule has 4 rings (SSSR count). The lowest BCUT2D eigenvalue weighted by Gasteiger charge is -2.12. The summed E-state index contributed by atoms with van der Waals surface area (Å²) in [5, 5.41) is 1.71. The van der Waals surface area contributed by atoms with E-state index < -0.39 is 0 Å². The molecule has 0 saturated heterocycles. The minimum atomic E-state index is 0.582. The van der Waals surface area contributed by atoms with Crippen molar-refractivity contribution >= 4 is 22.5 Å². The van der Waals surface area contributed by atoms with E-state index in [-0.39, 0.29) is 0 Å². The van der Waals surface area contributed by atoms with Gasteiger partial charge in [0.15, 0.2) is 0 Å². The van der Waals surface area contributed by atoms with Crippen molar-refractivity contribution in [2.45, 2.75) is 6.42 Å². The van der Waals surface area contributed by atoms with Crippen LogP contribution in [0, 0.1) is 0 Å². The summed E-state index contributed by atoms with van der Waals surface area (Å²) in [7, 11) is 0. The molecule has 1 aromatic heterocycles. The normalized spacial score (nSPS) is 13.2. The molecule has 0 saturated carbocycles. The van der Waals surface area contributed by atoms with Crippen molar-refractivity contribution in [2.75, 3.05) is 6.61 Å². The Labute approximate surface area is 122 Å². The first-order valence-electron chi connectivity index (χ1n) is 6.64. The molecule has 1 aliphatic heterocycles. The Morgan fingerprint density at radius 1 is 1.00 bits per heavy atom. The SMILES string of the molecule is Clc1nc2ccccc2c2c1CCOc1ccccc1-2. The largest absolute Gasteiger partial charge is 0.493 e. The molecular weight excluding hydrogens is 270 g/mol. The molecule has 3 heteroatoms. The van der Waals surface area contributed by atoms with Gasteiger partial charge in [-0.1, -0.05) is 48.0 Å². The lowest BCUT2D eigenvalue weighted by molar-refractivity contribution is 0.326. The lowest BCUT2D eigenvalue weighted by atomic mass is 9.95. The molecule has 2 heterocycles. The monoisotopic (exact) mass is 281 g/mol. The Kier molecular flexibility index (Phi) is 2.64. The molecule has 0 radical (unpaired) electrons. The Morgan fingerprint density at radius 3 is 2.75 bits per heavy atom. The van der Waals surface area contributed by atoms with E-state index in [0.29, 0.717) is 11.8 Å². The van der Waals surface area contributed by atoms with Crippen LogP contribution in [-0.2, 0) is 6.42 Å².